The fourth-order valence-electron chi connectivity index (χ4n) is 5.16. The molecule has 0 radical (unpaired) electrons. The molecule has 8 N–H and O–H groups in total. The molecule has 15 nitrogen and oxygen atoms in total. The van der Waals surface area contributed by atoms with Gasteiger partial charge in [-0.3, -0.25) is 33.8 Å². The molecule has 5 atom stereocenters. The number of aliphatic imine (C=N–C) groups is 1. The summed E-state index contributed by atoms with van der Waals surface area (Å²) in [6.07, 6.45) is 1.98. The third kappa shape index (κ3) is 8.29. The Morgan fingerprint density at radius 1 is 0.950 bits per heavy atom. The zero-order valence-corrected chi connectivity index (χ0v) is 23.2. The topological polar surface area (TPSA) is 227 Å². The van der Waals surface area contributed by atoms with Gasteiger partial charge in [0.05, 0.1) is 13.0 Å². The molecule has 3 fully saturated rings. The van der Waals surface area contributed by atoms with E-state index in [9.17, 15) is 28.8 Å². The van der Waals surface area contributed by atoms with Gasteiger partial charge in [-0.15, -0.1) is 0 Å². The molecular formula is C25H40N8O7. The first-order valence-electron chi connectivity index (χ1n) is 13.5. The van der Waals surface area contributed by atoms with E-state index in [0.29, 0.717) is 32.1 Å². The lowest BCUT2D eigenvalue weighted by Crippen LogP contribution is -2.61. The summed E-state index contributed by atoms with van der Waals surface area (Å²) < 4.78 is 5.31. The summed E-state index contributed by atoms with van der Waals surface area (Å²) >= 11 is 0. The molecule has 3 aliphatic heterocycles. The number of esters is 1. The Kier molecular flexibility index (Phi) is 9.93. The molecule has 0 aromatic heterocycles. The van der Waals surface area contributed by atoms with E-state index in [0.717, 1.165) is 0 Å². The van der Waals surface area contributed by atoms with Crippen LogP contribution in [0, 0.1) is 0 Å². The summed E-state index contributed by atoms with van der Waals surface area (Å²) in [4.78, 5) is 83.5. The maximum absolute atomic E-state index is 13.5. The maximum atomic E-state index is 13.5. The Labute approximate surface area is 232 Å². The molecule has 3 rings (SSSR count). The van der Waals surface area contributed by atoms with Crippen LogP contribution >= 0.6 is 0 Å². The van der Waals surface area contributed by atoms with E-state index in [1.54, 1.807) is 20.8 Å². The molecule has 3 heterocycles. The third-order valence-corrected chi connectivity index (χ3v) is 6.91. The van der Waals surface area contributed by atoms with Gasteiger partial charge in [0, 0.05) is 12.6 Å². The molecule has 0 unspecified atom stereocenters. The van der Waals surface area contributed by atoms with Gasteiger partial charge in [-0.2, -0.15) is 0 Å². The van der Waals surface area contributed by atoms with Gasteiger partial charge in [0.2, 0.25) is 29.5 Å². The quantitative estimate of drug-likeness (QED) is 0.0866. The van der Waals surface area contributed by atoms with E-state index in [1.165, 1.54) is 4.90 Å². The zero-order valence-electron chi connectivity index (χ0n) is 23.2. The predicted octanol–water partition coefficient (Wildman–Crippen LogP) is -2.49. The summed E-state index contributed by atoms with van der Waals surface area (Å²) in [6.45, 7) is 4.71. The minimum atomic E-state index is -1.35. The molecule has 222 valence electrons. The largest absolute Gasteiger partial charge is 0.460 e. The van der Waals surface area contributed by atoms with Crippen LogP contribution in [-0.2, 0) is 33.5 Å². The molecule has 0 saturated carbocycles. The number of amides is 5. The lowest BCUT2D eigenvalue weighted by Gasteiger charge is -2.38. The van der Waals surface area contributed by atoms with Crippen LogP contribution in [0.4, 0.5) is 0 Å². The Hall–Kier alpha value is -3.91. The monoisotopic (exact) mass is 564 g/mol. The molecule has 40 heavy (non-hydrogen) atoms. The van der Waals surface area contributed by atoms with Crippen molar-refractivity contribution in [2.24, 2.45) is 16.5 Å². The third-order valence-electron chi connectivity index (χ3n) is 6.91. The molecule has 0 aromatic rings. The van der Waals surface area contributed by atoms with Crippen molar-refractivity contribution in [3.8, 4) is 0 Å². The van der Waals surface area contributed by atoms with E-state index < -0.39 is 78.2 Å². The van der Waals surface area contributed by atoms with Crippen molar-refractivity contribution < 1.29 is 33.5 Å². The molecular weight excluding hydrogens is 524 g/mol. The highest BCUT2D eigenvalue weighted by Gasteiger charge is 2.47. The van der Waals surface area contributed by atoms with E-state index in [-0.39, 0.29) is 25.0 Å². The van der Waals surface area contributed by atoms with Gasteiger partial charge in [0.25, 0.3) is 0 Å². The number of hydrogen-bond donors (Lipinski definition) is 6. The van der Waals surface area contributed by atoms with Crippen molar-refractivity contribution in [1.82, 2.24) is 26.2 Å². The number of fused-ring (bicyclic) bond motifs is 1. The first-order chi connectivity index (χ1) is 18.7. The van der Waals surface area contributed by atoms with Gasteiger partial charge >= 0.3 is 5.97 Å². The highest BCUT2D eigenvalue weighted by Crippen LogP contribution is 2.33. The molecule has 5 amide bonds. The van der Waals surface area contributed by atoms with Crippen LogP contribution < -0.4 is 32.7 Å². The fourth-order valence-corrected chi connectivity index (χ4v) is 5.16. The number of carbonyl (C=O) groups excluding carboxylic acids is 6. The maximum Gasteiger partial charge on any atom is 0.308 e. The minimum absolute atomic E-state index is 0.105. The average Bonchev–Trinajstić information content (AvgIpc) is 3.29. The molecule has 3 aliphatic rings. The first kappa shape index (κ1) is 30.6. The predicted molar refractivity (Wildman–Crippen MR) is 142 cm³/mol. The van der Waals surface area contributed by atoms with Crippen molar-refractivity contribution in [2.75, 3.05) is 13.1 Å². The number of nitrogens with one attached hydrogen (secondary N) is 4. The number of guanidine groups is 1. The number of carbonyl (C=O) groups is 6. The van der Waals surface area contributed by atoms with Gasteiger partial charge in [-0.05, 0) is 59.3 Å². The lowest BCUT2D eigenvalue weighted by atomic mass is 9.97. The van der Waals surface area contributed by atoms with Crippen molar-refractivity contribution in [3.05, 3.63) is 0 Å². The van der Waals surface area contributed by atoms with Crippen molar-refractivity contribution >= 4 is 41.5 Å². The Morgan fingerprint density at radius 2 is 1.65 bits per heavy atom. The Balaban J connectivity index is 1.85. The summed E-state index contributed by atoms with van der Waals surface area (Å²) in [5.74, 6) is -3.86. The van der Waals surface area contributed by atoms with Crippen LogP contribution in [-0.4, -0.2) is 95.3 Å². The molecule has 0 aromatic carbocycles. The fraction of sp³-hybridized carbons (Fsp3) is 0.720. The normalized spacial score (nSPS) is 27.8. The van der Waals surface area contributed by atoms with E-state index >= 15 is 0 Å². The zero-order chi connectivity index (χ0) is 29.6. The molecule has 2 bridgehead atoms. The SMILES string of the molecule is CC(C)(C)OC(=O)C[C@@H]1NC(=O)CNC(=O)[C@H](CCCN=C(N)N)NC(=O)[C@@H]2CC[C@H]3CC[C@H](NC1=O)C(=O)N32. The number of rotatable bonds is 6. The summed E-state index contributed by atoms with van der Waals surface area (Å²) in [5.41, 5.74) is 9.89. The van der Waals surface area contributed by atoms with Crippen LogP contribution in [0.5, 0.6) is 0 Å². The standard InChI is InChI=1S/C25H40N8O7/c1-25(2,3)40-19(35)11-16-21(37)32-15-8-6-13-7-9-17(33(13)23(15)39)22(38)31-14(5-4-10-28-24(26)27)20(36)29-12-18(34)30-16/h13-17H,4-12H2,1-3H3,(H,29,36)(H,30,34)(H,31,38)(H,32,37)(H4,26,27,28)/t13-,14+,15+,16+,17+/m1/s1. The van der Waals surface area contributed by atoms with Crippen molar-refractivity contribution in [3.63, 3.8) is 0 Å². The summed E-state index contributed by atoms with van der Waals surface area (Å²) in [5, 5.41) is 10.3. The number of nitrogens with zero attached hydrogens (tertiary/aromatic N) is 2. The number of piperidine rings is 1. The second-order valence-corrected chi connectivity index (χ2v) is 11.3. The highest BCUT2D eigenvalue weighted by atomic mass is 16.6. The van der Waals surface area contributed by atoms with E-state index in [2.05, 4.69) is 26.3 Å². The Morgan fingerprint density at radius 3 is 2.33 bits per heavy atom. The molecule has 15 heteroatoms. The molecule has 0 spiro atoms. The highest BCUT2D eigenvalue weighted by molar-refractivity contribution is 5.98. The van der Waals surface area contributed by atoms with Gasteiger partial charge < -0.3 is 42.4 Å². The van der Waals surface area contributed by atoms with Gasteiger partial charge in [-0.1, -0.05) is 0 Å². The summed E-state index contributed by atoms with van der Waals surface area (Å²) in [6, 6.07) is -4.28. The van der Waals surface area contributed by atoms with Gasteiger partial charge in [0.1, 0.15) is 29.8 Å². The number of hydrogen-bond acceptors (Lipinski definition) is 8. The minimum Gasteiger partial charge on any atom is -0.460 e. The lowest BCUT2D eigenvalue weighted by molar-refractivity contribution is -0.156. The number of nitrogens with two attached hydrogens (primary N) is 2. The number of ether oxygens (including phenoxy) is 1. The van der Waals surface area contributed by atoms with Crippen LogP contribution in [0.25, 0.3) is 0 Å². The van der Waals surface area contributed by atoms with Crippen molar-refractivity contribution in [1.29, 1.82) is 0 Å². The van der Waals surface area contributed by atoms with Crippen LogP contribution in [0.2, 0.25) is 0 Å². The average molecular weight is 565 g/mol. The van der Waals surface area contributed by atoms with Gasteiger partial charge in [-0.25, -0.2) is 0 Å². The van der Waals surface area contributed by atoms with E-state index in [1.807, 2.05) is 0 Å². The van der Waals surface area contributed by atoms with Crippen molar-refractivity contribution in [2.45, 2.75) is 102 Å². The second-order valence-electron chi connectivity index (χ2n) is 11.3. The molecule has 3 saturated heterocycles. The Bertz CT molecular complexity index is 1050. The van der Waals surface area contributed by atoms with Gasteiger partial charge in [0.15, 0.2) is 5.96 Å². The second kappa shape index (κ2) is 13.0. The van der Waals surface area contributed by atoms with Crippen LogP contribution in [0.1, 0.15) is 65.7 Å². The van der Waals surface area contributed by atoms with Crippen LogP contribution in [0.15, 0.2) is 4.99 Å². The summed E-state index contributed by atoms with van der Waals surface area (Å²) in [7, 11) is 0. The first-order valence-corrected chi connectivity index (χ1v) is 13.5. The smallest absolute Gasteiger partial charge is 0.308 e. The van der Waals surface area contributed by atoms with Crippen LogP contribution in [0.3, 0.4) is 0 Å². The van der Waals surface area contributed by atoms with E-state index in [4.69, 9.17) is 16.2 Å². The molecule has 0 aliphatic carbocycles.